The van der Waals surface area contributed by atoms with Gasteiger partial charge in [-0.1, -0.05) is 8.96 Å². The average molecular weight is 361 g/mol. The minimum atomic E-state index is -7.60. The van der Waals surface area contributed by atoms with E-state index in [1.165, 1.54) is 0 Å². The van der Waals surface area contributed by atoms with Crippen molar-refractivity contribution in [1.82, 2.24) is 5.34 Å². The molecule has 0 atom stereocenters. The second-order valence-electron chi connectivity index (χ2n) is 4.07. The van der Waals surface area contributed by atoms with Crippen LogP contribution in [0.15, 0.2) is 0 Å². The van der Waals surface area contributed by atoms with Gasteiger partial charge in [0.2, 0.25) is 0 Å². The second kappa shape index (κ2) is 4.10. The summed E-state index contributed by atoms with van der Waals surface area (Å²) in [7, 11) is 0. The van der Waals surface area contributed by atoms with Crippen LogP contribution in [-0.4, -0.2) is 46.5 Å². The van der Waals surface area contributed by atoms with Crippen molar-refractivity contribution in [1.29, 1.82) is 0 Å². The molecule has 0 N–H and O–H groups in total. The average Bonchev–Trinajstić information content (AvgIpc) is 2.34. The first-order valence-electron chi connectivity index (χ1n) is 4.59. The lowest BCUT2D eigenvalue weighted by Gasteiger charge is -2.51. The summed E-state index contributed by atoms with van der Waals surface area (Å²) in [6.07, 6.45) is 0. The van der Waals surface area contributed by atoms with Gasteiger partial charge >= 0.3 is 41.2 Å². The Morgan fingerprint density at radius 2 is 0.773 bits per heavy atom. The van der Waals surface area contributed by atoms with Crippen LogP contribution in [0.4, 0.5) is 57.3 Å². The van der Waals surface area contributed by atoms with Crippen molar-refractivity contribution < 1.29 is 62.1 Å². The van der Waals surface area contributed by atoms with Crippen molar-refractivity contribution >= 4 is 5.91 Å². The van der Waals surface area contributed by atoms with Gasteiger partial charge in [-0.25, -0.2) is 4.39 Å². The highest BCUT2D eigenvalue weighted by atomic mass is 19.4. The number of hydrogen-bond donors (Lipinski definition) is 0. The van der Waals surface area contributed by atoms with Gasteiger partial charge in [0.05, 0.1) is 0 Å². The number of rotatable bonds is 1. The zero-order valence-corrected chi connectivity index (χ0v) is 9.27. The summed E-state index contributed by atoms with van der Waals surface area (Å²) >= 11 is 0. The molecular formula is C7F13NO. The summed E-state index contributed by atoms with van der Waals surface area (Å²) in [5.74, 6) is -42.5. The molecule has 2 nitrogen and oxygen atoms in total. The van der Waals surface area contributed by atoms with Gasteiger partial charge < -0.3 is 0 Å². The Labute approximate surface area is 110 Å². The number of nitrogens with zero attached hydrogens (tertiary/aromatic N) is 1. The van der Waals surface area contributed by atoms with Gasteiger partial charge in [0.1, 0.15) is 0 Å². The van der Waals surface area contributed by atoms with Crippen molar-refractivity contribution in [2.24, 2.45) is 0 Å². The van der Waals surface area contributed by atoms with E-state index < -0.39 is 46.5 Å². The van der Waals surface area contributed by atoms with Crippen LogP contribution >= 0.6 is 0 Å². The van der Waals surface area contributed by atoms with Crippen molar-refractivity contribution in [2.75, 3.05) is 0 Å². The minimum absolute atomic E-state index is 3.46. The van der Waals surface area contributed by atoms with Crippen LogP contribution in [0, 0.1) is 0 Å². The van der Waals surface area contributed by atoms with Gasteiger partial charge in [-0.05, 0) is 0 Å². The lowest BCUT2D eigenvalue weighted by atomic mass is 9.72. The van der Waals surface area contributed by atoms with E-state index in [0.717, 1.165) is 0 Å². The number of carbonyl (C=O) groups excluding carboxylic acids is 1. The third-order valence-corrected chi connectivity index (χ3v) is 2.89. The van der Waals surface area contributed by atoms with Crippen LogP contribution in [0.1, 0.15) is 0 Å². The molecule has 130 valence electrons. The Bertz CT molecular complexity index is 467. The molecule has 0 spiro atoms. The lowest BCUT2D eigenvalue weighted by Crippen LogP contribution is -2.86. The summed E-state index contributed by atoms with van der Waals surface area (Å²) in [5, 5.41) is -3.46. The summed E-state index contributed by atoms with van der Waals surface area (Å²) in [6.45, 7) is 0. The molecule has 22 heavy (non-hydrogen) atoms. The van der Waals surface area contributed by atoms with Crippen LogP contribution in [0.3, 0.4) is 0 Å². The molecule has 1 saturated carbocycles. The first-order chi connectivity index (χ1) is 9.35. The zero-order valence-electron chi connectivity index (χ0n) is 9.27. The number of hydrogen-bond acceptors (Lipinski definition) is 1. The highest BCUT2D eigenvalue weighted by Gasteiger charge is 3.03. The van der Waals surface area contributed by atoms with E-state index in [9.17, 15) is 62.1 Å². The summed E-state index contributed by atoms with van der Waals surface area (Å²) < 4.78 is 165. The molecule has 0 aromatic carbocycles. The fourth-order valence-corrected chi connectivity index (χ4v) is 1.61. The van der Waals surface area contributed by atoms with Gasteiger partial charge in [-0.3, -0.25) is 4.79 Å². The van der Waals surface area contributed by atoms with Crippen LogP contribution in [0.5, 0.6) is 0 Å². The maximum atomic E-state index is 13.4. The third-order valence-electron chi connectivity index (χ3n) is 2.89. The quantitative estimate of drug-likeness (QED) is 0.517. The Morgan fingerprint density at radius 3 is 1.00 bits per heavy atom. The first-order valence-corrected chi connectivity index (χ1v) is 4.59. The maximum absolute atomic E-state index is 13.4. The fourth-order valence-electron chi connectivity index (χ4n) is 1.61. The highest BCUT2D eigenvalue weighted by Crippen LogP contribution is 2.69. The molecule has 1 aliphatic carbocycles. The standard InChI is InChI=1S/C7F13NO/c8-2(1(22)21(19)20)3(9,10)5(13,14)7(17,18)6(15,16)4(2,11)12. The van der Waals surface area contributed by atoms with E-state index in [4.69, 9.17) is 0 Å². The largest absolute Gasteiger partial charge is 0.384 e. The molecule has 0 unspecified atom stereocenters. The number of carbonyl (C=O) groups is 1. The van der Waals surface area contributed by atoms with Crippen molar-refractivity contribution in [3.05, 3.63) is 0 Å². The van der Waals surface area contributed by atoms with Crippen LogP contribution in [0.25, 0.3) is 0 Å². The number of amides is 1. The van der Waals surface area contributed by atoms with Gasteiger partial charge in [0, 0.05) is 5.34 Å². The molecule has 1 rings (SSSR count). The second-order valence-corrected chi connectivity index (χ2v) is 4.07. The van der Waals surface area contributed by atoms with Gasteiger partial charge in [0.15, 0.2) is 0 Å². The lowest BCUT2D eigenvalue weighted by molar-refractivity contribution is -0.478. The van der Waals surface area contributed by atoms with Crippen molar-refractivity contribution in [2.45, 2.75) is 35.3 Å². The van der Waals surface area contributed by atoms with E-state index in [1.54, 1.807) is 0 Å². The van der Waals surface area contributed by atoms with E-state index in [0.29, 0.717) is 0 Å². The summed E-state index contributed by atoms with van der Waals surface area (Å²) in [5.41, 5.74) is -7.34. The molecule has 0 aromatic rings. The molecule has 1 fully saturated rings. The van der Waals surface area contributed by atoms with Gasteiger partial charge in [-0.2, -0.15) is 43.9 Å². The Balaban J connectivity index is 3.89. The van der Waals surface area contributed by atoms with Crippen LogP contribution in [-0.2, 0) is 4.79 Å². The smallest absolute Gasteiger partial charge is 0.265 e. The topological polar surface area (TPSA) is 20.3 Å². The van der Waals surface area contributed by atoms with Crippen LogP contribution in [0.2, 0.25) is 0 Å². The number of halogens is 13. The number of alkyl halides is 11. The normalized spacial score (nSPS) is 29.7. The molecule has 1 amide bonds. The molecule has 0 saturated heterocycles. The Morgan fingerprint density at radius 1 is 0.545 bits per heavy atom. The molecule has 1 aliphatic rings. The third kappa shape index (κ3) is 1.46. The van der Waals surface area contributed by atoms with Crippen LogP contribution < -0.4 is 0 Å². The van der Waals surface area contributed by atoms with Crippen molar-refractivity contribution in [3.63, 3.8) is 0 Å². The summed E-state index contributed by atoms with van der Waals surface area (Å²) in [6, 6.07) is 0. The predicted octanol–water partition coefficient (Wildman–Crippen LogP) is 3.48. The van der Waals surface area contributed by atoms with Gasteiger partial charge in [0.25, 0.3) is 0 Å². The van der Waals surface area contributed by atoms with E-state index >= 15 is 0 Å². The molecule has 0 aromatic heterocycles. The minimum Gasteiger partial charge on any atom is -0.265 e. The molecular weight excluding hydrogens is 361 g/mol. The molecule has 0 radical (unpaired) electrons. The Kier molecular flexibility index (Phi) is 3.46. The predicted molar refractivity (Wildman–Crippen MR) is 37.6 cm³/mol. The molecule has 0 heterocycles. The first kappa shape index (κ1) is 18.6. The zero-order chi connectivity index (χ0) is 18.2. The van der Waals surface area contributed by atoms with E-state index in [1.807, 2.05) is 0 Å². The molecule has 15 heteroatoms. The molecule has 0 bridgehead atoms. The Hall–Kier alpha value is -1.44. The monoisotopic (exact) mass is 361 g/mol. The SMILES string of the molecule is O=C(N(F)F)C1(F)C(F)(F)C(F)(F)C(F)(F)C(F)(F)C1(F)F. The summed E-state index contributed by atoms with van der Waals surface area (Å²) in [4.78, 5) is 10.4. The molecule has 0 aliphatic heterocycles. The maximum Gasteiger partial charge on any atom is 0.384 e. The van der Waals surface area contributed by atoms with E-state index in [2.05, 4.69) is 0 Å². The van der Waals surface area contributed by atoms with E-state index in [-0.39, 0.29) is 0 Å². The van der Waals surface area contributed by atoms with Crippen molar-refractivity contribution in [3.8, 4) is 0 Å². The van der Waals surface area contributed by atoms with Gasteiger partial charge in [-0.15, -0.1) is 0 Å². The highest BCUT2D eigenvalue weighted by molar-refractivity contribution is 5.87. The fraction of sp³-hybridized carbons (Fsp3) is 0.857.